The number of carbonyl (C=O) groups is 1. The van der Waals surface area contributed by atoms with Crippen molar-refractivity contribution in [1.82, 2.24) is 4.90 Å². The van der Waals surface area contributed by atoms with Gasteiger partial charge in [-0.3, -0.25) is 9.69 Å². The van der Waals surface area contributed by atoms with E-state index in [4.69, 9.17) is 21.7 Å². The molecule has 0 aromatic heterocycles. The van der Waals surface area contributed by atoms with Gasteiger partial charge in [0.15, 0.2) is 0 Å². The predicted octanol–water partition coefficient (Wildman–Crippen LogP) is 4.61. The van der Waals surface area contributed by atoms with Crippen molar-refractivity contribution in [2.24, 2.45) is 5.92 Å². The van der Waals surface area contributed by atoms with E-state index in [0.717, 1.165) is 17.1 Å². The van der Waals surface area contributed by atoms with Gasteiger partial charge in [0.1, 0.15) is 15.8 Å². The molecule has 1 aliphatic heterocycles. The van der Waals surface area contributed by atoms with Gasteiger partial charge in [-0.2, -0.15) is 0 Å². The summed E-state index contributed by atoms with van der Waals surface area (Å²) >= 11 is 6.49. The molecule has 0 radical (unpaired) electrons. The van der Waals surface area contributed by atoms with E-state index in [9.17, 15) is 4.79 Å². The van der Waals surface area contributed by atoms with Crippen LogP contribution in [0.4, 0.5) is 0 Å². The number of carbonyl (C=O) groups excluding carboxylic acids is 1. The van der Waals surface area contributed by atoms with Crippen molar-refractivity contribution in [3.05, 3.63) is 65.1 Å². The van der Waals surface area contributed by atoms with Crippen LogP contribution in [-0.4, -0.2) is 35.4 Å². The van der Waals surface area contributed by atoms with E-state index in [1.165, 1.54) is 16.7 Å². The van der Waals surface area contributed by atoms with Crippen LogP contribution in [0.25, 0.3) is 6.08 Å². The van der Waals surface area contributed by atoms with Gasteiger partial charge < -0.3 is 9.47 Å². The third-order valence-corrected chi connectivity index (χ3v) is 5.48. The van der Waals surface area contributed by atoms with Gasteiger partial charge in [0, 0.05) is 18.5 Å². The Balaban J connectivity index is 1.61. The highest BCUT2D eigenvalue weighted by atomic mass is 32.2. The monoisotopic (exact) mass is 399 g/mol. The zero-order valence-electron chi connectivity index (χ0n) is 15.3. The molecule has 6 heteroatoms. The first kappa shape index (κ1) is 19.5. The Hall–Kier alpha value is -2.31. The molecule has 0 spiro atoms. The molecular weight excluding hydrogens is 378 g/mol. The Kier molecular flexibility index (Phi) is 6.53. The lowest BCUT2D eigenvalue weighted by atomic mass is 10.1. The van der Waals surface area contributed by atoms with Crippen molar-refractivity contribution in [2.75, 3.05) is 20.3 Å². The predicted molar refractivity (Wildman–Crippen MR) is 114 cm³/mol. The van der Waals surface area contributed by atoms with Crippen molar-refractivity contribution in [2.45, 2.75) is 6.92 Å². The summed E-state index contributed by atoms with van der Waals surface area (Å²) in [4.78, 5) is 14.3. The number of amides is 1. The summed E-state index contributed by atoms with van der Waals surface area (Å²) in [6, 6.07) is 17.4. The molecule has 3 rings (SSSR count). The van der Waals surface area contributed by atoms with Crippen molar-refractivity contribution in [3.63, 3.8) is 0 Å². The molecule has 4 nitrogen and oxygen atoms in total. The molecule has 140 valence electrons. The number of nitrogens with zero attached hydrogens (tertiary/aromatic N) is 1. The van der Waals surface area contributed by atoms with E-state index in [1.54, 1.807) is 7.05 Å². The molecule has 1 saturated heterocycles. The van der Waals surface area contributed by atoms with Gasteiger partial charge in [-0.05, 0) is 24.3 Å². The molecule has 1 amide bonds. The minimum absolute atomic E-state index is 0.0792. The molecule has 2 aromatic carbocycles. The highest BCUT2D eigenvalue weighted by molar-refractivity contribution is 8.26. The third-order valence-electron chi connectivity index (χ3n) is 3.99. The standard InChI is InChI=1S/C21H21NO3S2/c1-15(13-24-17-9-4-3-5-10-17)14-25-18-11-7-6-8-16(18)12-19-20(23)22(2)21(26)27-19/h3-12,15H,13-14H2,1-2H3/b19-12+/t15-/m0/s1. The topological polar surface area (TPSA) is 38.8 Å². The van der Waals surface area contributed by atoms with Crippen LogP contribution in [0.3, 0.4) is 0 Å². The van der Waals surface area contributed by atoms with Crippen LogP contribution in [0.15, 0.2) is 59.5 Å². The maximum absolute atomic E-state index is 12.2. The molecule has 1 heterocycles. The van der Waals surface area contributed by atoms with Gasteiger partial charge in [-0.1, -0.05) is 67.3 Å². The summed E-state index contributed by atoms with van der Waals surface area (Å²) in [6.07, 6.45) is 1.84. The molecule has 0 N–H and O–H groups in total. The second-order valence-corrected chi connectivity index (χ2v) is 7.99. The molecule has 1 aliphatic rings. The molecule has 0 bridgehead atoms. The number of hydrogen-bond acceptors (Lipinski definition) is 5. The minimum atomic E-state index is -0.0792. The van der Waals surface area contributed by atoms with Crippen LogP contribution in [0.1, 0.15) is 12.5 Å². The van der Waals surface area contributed by atoms with E-state index in [1.807, 2.05) is 60.7 Å². The number of benzene rings is 2. The lowest BCUT2D eigenvalue weighted by molar-refractivity contribution is -0.121. The Morgan fingerprint density at radius 1 is 1.07 bits per heavy atom. The van der Waals surface area contributed by atoms with Crippen LogP contribution in [-0.2, 0) is 4.79 Å². The first-order chi connectivity index (χ1) is 13.0. The summed E-state index contributed by atoms with van der Waals surface area (Å²) in [7, 11) is 1.69. The van der Waals surface area contributed by atoms with Crippen LogP contribution < -0.4 is 9.47 Å². The maximum Gasteiger partial charge on any atom is 0.265 e. The van der Waals surface area contributed by atoms with E-state index in [-0.39, 0.29) is 11.8 Å². The summed E-state index contributed by atoms with van der Waals surface area (Å²) in [5.74, 6) is 1.73. The fraction of sp³-hybridized carbons (Fsp3) is 0.238. The van der Waals surface area contributed by atoms with E-state index in [2.05, 4.69) is 6.92 Å². The van der Waals surface area contributed by atoms with Crippen LogP contribution >= 0.6 is 24.0 Å². The molecule has 0 unspecified atom stereocenters. The lowest BCUT2D eigenvalue weighted by Gasteiger charge is -2.15. The highest BCUT2D eigenvalue weighted by Gasteiger charge is 2.28. The Morgan fingerprint density at radius 2 is 1.74 bits per heavy atom. The van der Waals surface area contributed by atoms with Gasteiger partial charge in [-0.25, -0.2) is 0 Å². The number of para-hydroxylation sites is 2. The molecule has 27 heavy (non-hydrogen) atoms. The second-order valence-electron chi connectivity index (χ2n) is 6.32. The Labute approximate surface area is 169 Å². The fourth-order valence-corrected chi connectivity index (χ4v) is 3.62. The smallest absolute Gasteiger partial charge is 0.265 e. The van der Waals surface area contributed by atoms with Crippen LogP contribution in [0, 0.1) is 5.92 Å². The average molecular weight is 400 g/mol. The van der Waals surface area contributed by atoms with E-state index >= 15 is 0 Å². The van der Waals surface area contributed by atoms with Gasteiger partial charge in [-0.15, -0.1) is 0 Å². The second kappa shape index (κ2) is 9.06. The summed E-state index contributed by atoms with van der Waals surface area (Å²) in [5, 5.41) is 0. The molecule has 1 atom stereocenters. The van der Waals surface area contributed by atoms with Crippen LogP contribution in [0.2, 0.25) is 0 Å². The number of likely N-dealkylation sites (N-methyl/N-ethyl adjacent to an activating group) is 1. The molecular formula is C21H21NO3S2. The number of rotatable bonds is 7. The zero-order valence-corrected chi connectivity index (χ0v) is 16.9. The van der Waals surface area contributed by atoms with Crippen molar-refractivity contribution >= 4 is 40.3 Å². The molecule has 2 aromatic rings. The molecule has 1 fully saturated rings. The maximum atomic E-state index is 12.2. The molecule has 0 saturated carbocycles. The first-order valence-electron chi connectivity index (χ1n) is 8.66. The van der Waals surface area contributed by atoms with Gasteiger partial charge >= 0.3 is 0 Å². The third kappa shape index (κ3) is 5.11. The number of hydrogen-bond donors (Lipinski definition) is 0. The largest absolute Gasteiger partial charge is 0.493 e. The van der Waals surface area contributed by atoms with E-state index in [0.29, 0.717) is 22.4 Å². The fourth-order valence-electron chi connectivity index (χ4n) is 2.45. The number of ether oxygens (including phenoxy) is 2. The van der Waals surface area contributed by atoms with E-state index < -0.39 is 0 Å². The summed E-state index contributed by atoms with van der Waals surface area (Å²) < 4.78 is 12.3. The summed E-state index contributed by atoms with van der Waals surface area (Å²) in [6.45, 7) is 3.17. The summed E-state index contributed by atoms with van der Waals surface area (Å²) in [5.41, 5.74) is 0.864. The molecule has 0 aliphatic carbocycles. The van der Waals surface area contributed by atoms with Gasteiger partial charge in [0.2, 0.25) is 0 Å². The number of thiocarbonyl (C=S) groups is 1. The van der Waals surface area contributed by atoms with Crippen molar-refractivity contribution in [3.8, 4) is 11.5 Å². The quantitative estimate of drug-likeness (QED) is 0.502. The Morgan fingerprint density at radius 3 is 2.44 bits per heavy atom. The lowest BCUT2D eigenvalue weighted by Crippen LogP contribution is -2.22. The SMILES string of the molecule is C[C@@H](COc1ccccc1)COc1ccccc1/C=C1/SC(=S)N(C)C1=O. The highest BCUT2D eigenvalue weighted by Crippen LogP contribution is 2.33. The van der Waals surface area contributed by atoms with Crippen molar-refractivity contribution in [1.29, 1.82) is 0 Å². The average Bonchev–Trinajstić information content (AvgIpc) is 2.93. The van der Waals surface area contributed by atoms with Gasteiger partial charge in [0.25, 0.3) is 5.91 Å². The van der Waals surface area contributed by atoms with Crippen molar-refractivity contribution < 1.29 is 14.3 Å². The first-order valence-corrected chi connectivity index (χ1v) is 9.88. The van der Waals surface area contributed by atoms with Gasteiger partial charge in [0.05, 0.1) is 18.1 Å². The van der Waals surface area contributed by atoms with Crippen LogP contribution in [0.5, 0.6) is 11.5 Å². The minimum Gasteiger partial charge on any atom is -0.493 e. The number of thioether (sulfide) groups is 1. The Bertz CT molecular complexity index is 852. The zero-order chi connectivity index (χ0) is 19.2. The normalized spacial score (nSPS) is 16.7.